The Labute approximate surface area is 231 Å². The van der Waals surface area contributed by atoms with Crippen molar-refractivity contribution in [1.29, 1.82) is 0 Å². The van der Waals surface area contributed by atoms with E-state index < -0.39 is 15.9 Å². The highest BCUT2D eigenvalue weighted by Crippen LogP contribution is 2.33. The molecule has 4 aromatic carbocycles. The van der Waals surface area contributed by atoms with E-state index >= 15 is 0 Å². The maximum absolute atomic E-state index is 12.5. The SMILES string of the molecule is O=C(NN=Cc1ccc(N(c2ccccc2)c2ccccc2)cc1)c1ccc(NS(=O)(=O)c2cccs2)cc1. The molecule has 9 heteroatoms. The Morgan fingerprint density at radius 3 is 1.87 bits per heavy atom. The second-order valence-corrected chi connectivity index (χ2v) is 11.3. The minimum Gasteiger partial charge on any atom is -0.311 e. The molecule has 0 saturated heterocycles. The zero-order chi connectivity index (χ0) is 27.1. The summed E-state index contributed by atoms with van der Waals surface area (Å²) < 4.78 is 27.4. The fraction of sp³-hybridized carbons (Fsp3) is 0. The maximum atomic E-state index is 12.5. The predicted octanol–water partition coefficient (Wildman–Crippen LogP) is 6.78. The monoisotopic (exact) mass is 552 g/mol. The van der Waals surface area contributed by atoms with E-state index in [9.17, 15) is 13.2 Å². The van der Waals surface area contributed by atoms with Gasteiger partial charge < -0.3 is 4.90 Å². The maximum Gasteiger partial charge on any atom is 0.271 e. The van der Waals surface area contributed by atoms with E-state index in [-0.39, 0.29) is 4.21 Å². The van der Waals surface area contributed by atoms with Crippen LogP contribution in [0.25, 0.3) is 0 Å². The number of hydrogen-bond acceptors (Lipinski definition) is 6. The quantitative estimate of drug-likeness (QED) is 0.156. The number of benzene rings is 4. The van der Waals surface area contributed by atoms with Crippen LogP contribution in [0, 0.1) is 0 Å². The van der Waals surface area contributed by atoms with E-state index in [1.807, 2.05) is 60.7 Å². The Hall–Kier alpha value is -4.73. The highest BCUT2D eigenvalue weighted by molar-refractivity contribution is 7.94. The van der Waals surface area contributed by atoms with E-state index in [0.717, 1.165) is 34.0 Å². The summed E-state index contributed by atoms with van der Waals surface area (Å²) >= 11 is 1.13. The van der Waals surface area contributed by atoms with Crippen molar-refractivity contribution in [2.75, 3.05) is 9.62 Å². The van der Waals surface area contributed by atoms with Crippen molar-refractivity contribution in [2.24, 2.45) is 5.10 Å². The summed E-state index contributed by atoms with van der Waals surface area (Å²) in [6.45, 7) is 0. The molecule has 0 aliphatic heterocycles. The number of hydrogen-bond donors (Lipinski definition) is 2. The van der Waals surface area contributed by atoms with Gasteiger partial charge in [-0.1, -0.05) is 54.6 Å². The summed E-state index contributed by atoms with van der Waals surface area (Å²) in [6.07, 6.45) is 1.57. The number of sulfonamides is 1. The first-order valence-electron chi connectivity index (χ1n) is 12.0. The molecular weight excluding hydrogens is 528 g/mol. The van der Waals surface area contributed by atoms with Crippen molar-refractivity contribution in [1.82, 2.24) is 5.43 Å². The second kappa shape index (κ2) is 11.8. The number of nitrogens with one attached hydrogen (secondary N) is 2. The highest BCUT2D eigenvalue weighted by Gasteiger charge is 2.15. The summed E-state index contributed by atoms with van der Waals surface area (Å²) in [4.78, 5) is 14.7. The summed E-state index contributed by atoms with van der Waals surface area (Å²) in [5.41, 5.74) is 7.12. The van der Waals surface area contributed by atoms with Gasteiger partial charge >= 0.3 is 0 Å². The minimum atomic E-state index is -3.65. The molecule has 0 fully saturated rings. The standard InChI is InChI=1S/C30H24N4O3S2/c35-30(24-15-17-25(18-16-24)33-39(36,37)29-12-7-21-38-29)32-31-22-23-13-19-28(20-14-23)34(26-8-3-1-4-9-26)27-10-5-2-6-11-27/h1-22,33H,(H,32,35). The van der Waals surface area contributed by atoms with E-state index in [1.165, 1.54) is 30.3 Å². The van der Waals surface area contributed by atoms with Crippen LogP contribution in [0.5, 0.6) is 0 Å². The number of amides is 1. The molecule has 194 valence electrons. The molecule has 0 aliphatic carbocycles. The third-order valence-corrected chi connectivity index (χ3v) is 8.50. The Kier molecular flexibility index (Phi) is 7.81. The van der Waals surface area contributed by atoms with Gasteiger partial charge in [-0.3, -0.25) is 9.52 Å². The van der Waals surface area contributed by atoms with Crippen LogP contribution in [0.4, 0.5) is 22.7 Å². The molecule has 0 unspecified atom stereocenters. The third kappa shape index (κ3) is 6.40. The second-order valence-electron chi connectivity index (χ2n) is 8.41. The molecule has 1 amide bonds. The van der Waals surface area contributed by atoms with Gasteiger partial charge in [0.05, 0.1) is 6.21 Å². The molecule has 0 spiro atoms. The average Bonchev–Trinajstić information content (AvgIpc) is 3.52. The van der Waals surface area contributed by atoms with Crippen molar-refractivity contribution in [3.63, 3.8) is 0 Å². The van der Waals surface area contributed by atoms with Crippen molar-refractivity contribution < 1.29 is 13.2 Å². The number of carbonyl (C=O) groups is 1. The molecule has 7 nitrogen and oxygen atoms in total. The average molecular weight is 553 g/mol. The smallest absolute Gasteiger partial charge is 0.271 e. The zero-order valence-corrected chi connectivity index (χ0v) is 22.3. The van der Waals surface area contributed by atoms with Gasteiger partial charge in [-0.2, -0.15) is 5.10 Å². The molecule has 5 rings (SSSR count). The zero-order valence-electron chi connectivity index (χ0n) is 20.6. The molecule has 39 heavy (non-hydrogen) atoms. The van der Waals surface area contributed by atoms with E-state index in [1.54, 1.807) is 17.7 Å². The van der Waals surface area contributed by atoms with Crippen LogP contribution in [-0.4, -0.2) is 20.5 Å². The van der Waals surface area contributed by atoms with E-state index in [0.29, 0.717) is 11.3 Å². The molecular formula is C30H24N4O3S2. The predicted molar refractivity (Wildman–Crippen MR) is 158 cm³/mol. The molecule has 0 saturated carbocycles. The lowest BCUT2D eigenvalue weighted by Gasteiger charge is -2.25. The Bertz CT molecular complexity index is 1620. The lowest BCUT2D eigenvalue weighted by Crippen LogP contribution is -2.17. The first-order chi connectivity index (χ1) is 19.0. The topological polar surface area (TPSA) is 90.9 Å². The number of carbonyl (C=O) groups excluding carboxylic acids is 1. The number of thiophene rings is 1. The van der Waals surface area contributed by atoms with Crippen molar-refractivity contribution in [3.8, 4) is 0 Å². The largest absolute Gasteiger partial charge is 0.311 e. The van der Waals surface area contributed by atoms with Crippen molar-refractivity contribution >= 4 is 56.2 Å². The lowest BCUT2D eigenvalue weighted by molar-refractivity contribution is 0.0955. The normalized spacial score (nSPS) is 11.3. The number of anilines is 4. The van der Waals surface area contributed by atoms with Crippen molar-refractivity contribution in [2.45, 2.75) is 4.21 Å². The number of nitrogens with zero attached hydrogens (tertiary/aromatic N) is 2. The number of hydrazone groups is 1. The summed E-state index contributed by atoms with van der Waals surface area (Å²) in [5.74, 6) is -0.408. The Morgan fingerprint density at radius 1 is 0.718 bits per heavy atom. The van der Waals surface area contributed by atoms with Crippen LogP contribution < -0.4 is 15.0 Å². The Balaban J connectivity index is 1.23. The third-order valence-electron chi connectivity index (χ3n) is 5.72. The van der Waals surface area contributed by atoms with Gasteiger partial charge in [0.2, 0.25) is 0 Å². The van der Waals surface area contributed by atoms with Crippen LogP contribution >= 0.6 is 11.3 Å². The number of rotatable bonds is 9. The number of para-hydroxylation sites is 2. The summed E-state index contributed by atoms with van der Waals surface area (Å²) in [7, 11) is -3.65. The highest BCUT2D eigenvalue weighted by atomic mass is 32.2. The van der Waals surface area contributed by atoms with E-state index in [4.69, 9.17) is 0 Å². The summed E-state index contributed by atoms with van der Waals surface area (Å²) in [6, 6.07) is 37.4. The van der Waals surface area contributed by atoms with Gasteiger partial charge in [-0.15, -0.1) is 11.3 Å². The molecule has 0 aliphatic rings. The van der Waals surface area contributed by atoms with Gasteiger partial charge in [0.1, 0.15) is 4.21 Å². The lowest BCUT2D eigenvalue weighted by atomic mass is 10.1. The van der Waals surface area contributed by atoms with Gasteiger partial charge in [-0.05, 0) is 77.7 Å². The van der Waals surface area contributed by atoms with Gasteiger partial charge in [0, 0.05) is 28.3 Å². The Morgan fingerprint density at radius 2 is 1.31 bits per heavy atom. The molecule has 1 aromatic heterocycles. The van der Waals surface area contributed by atoms with Gasteiger partial charge in [-0.25, -0.2) is 13.8 Å². The summed E-state index contributed by atoms with van der Waals surface area (Å²) in [5, 5.41) is 5.77. The fourth-order valence-corrected chi connectivity index (χ4v) is 5.90. The van der Waals surface area contributed by atoms with Crippen molar-refractivity contribution in [3.05, 3.63) is 138 Å². The fourth-order valence-electron chi connectivity index (χ4n) is 3.85. The first-order valence-corrected chi connectivity index (χ1v) is 14.4. The van der Waals surface area contributed by atoms with Gasteiger partial charge in [0.25, 0.3) is 15.9 Å². The van der Waals surface area contributed by atoms with Crippen LogP contribution in [0.15, 0.2) is 136 Å². The van der Waals surface area contributed by atoms with Crippen LogP contribution in [0.1, 0.15) is 15.9 Å². The molecule has 2 N–H and O–H groups in total. The molecule has 5 aromatic rings. The molecule has 1 heterocycles. The molecule has 0 atom stereocenters. The van der Waals surface area contributed by atoms with Crippen LogP contribution in [-0.2, 0) is 10.0 Å². The minimum absolute atomic E-state index is 0.222. The van der Waals surface area contributed by atoms with Gasteiger partial charge in [0.15, 0.2) is 0 Å². The molecule has 0 radical (unpaired) electrons. The molecule has 0 bridgehead atoms. The first kappa shape index (κ1) is 25.9. The van der Waals surface area contributed by atoms with E-state index in [2.05, 4.69) is 44.4 Å². The van der Waals surface area contributed by atoms with Crippen LogP contribution in [0.3, 0.4) is 0 Å². The van der Waals surface area contributed by atoms with Crippen LogP contribution in [0.2, 0.25) is 0 Å².